The van der Waals surface area contributed by atoms with Crippen LogP contribution in [0.3, 0.4) is 0 Å². The van der Waals surface area contributed by atoms with Crippen LogP contribution in [-0.4, -0.2) is 87.5 Å². The Hall–Kier alpha value is -1.07. The molecule has 0 bridgehead atoms. The zero-order valence-corrected chi connectivity index (χ0v) is 36.4. The van der Waals surface area contributed by atoms with Crippen LogP contribution >= 0.6 is 0 Å². The van der Waals surface area contributed by atoms with Crippen LogP contribution in [0.15, 0.2) is 12.2 Å². The Morgan fingerprint density at radius 1 is 0.589 bits per heavy atom. The number of amides is 1. The number of ether oxygens (including phenoxy) is 2. The van der Waals surface area contributed by atoms with Crippen LogP contribution < -0.4 is 5.32 Å². The fourth-order valence-corrected chi connectivity index (χ4v) is 7.75. The third-order valence-electron chi connectivity index (χ3n) is 11.6. The van der Waals surface area contributed by atoms with E-state index in [2.05, 4.69) is 19.2 Å². The van der Waals surface area contributed by atoms with Crippen molar-refractivity contribution in [3.8, 4) is 0 Å². The Morgan fingerprint density at radius 2 is 0.982 bits per heavy atom. The fraction of sp³-hybridized carbons (Fsp3) is 0.936. The monoisotopic (exact) mass is 798 g/mol. The Kier molecular flexibility index (Phi) is 36.1. The van der Waals surface area contributed by atoms with Gasteiger partial charge in [0, 0.05) is 6.42 Å². The number of nitrogens with one attached hydrogen (secondary N) is 1. The Morgan fingerprint density at radius 3 is 1.39 bits per heavy atom. The molecule has 332 valence electrons. The van der Waals surface area contributed by atoms with Crippen molar-refractivity contribution < 1.29 is 39.8 Å². The zero-order chi connectivity index (χ0) is 40.9. The number of aliphatic hydroxyl groups excluding tert-OH is 5. The molecule has 1 amide bonds. The molecule has 0 spiro atoms. The minimum absolute atomic E-state index is 0.175. The largest absolute Gasteiger partial charge is 0.394 e. The lowest BCUT2D eigenvalue weighted by Gasteiger charge is -2.40. The Balaban J connectivity index is 2.30. The van der Waals surface area contributed by atoms with E-state index in [4.69, 9.17) is 9.47 Å². The quantitative estimate of drug-likeness (QED) is 0.0265. The van der Waals surface area contributed by atoms with E-state index in [1.165, 1.54) is 167 Å². The summed E-state index contributed by atoms with van der Waals surface area (Å²) in [6, 6.07) is -0.798. The molecule has 1 aliphatic heterocycles. The van der Waals surface area contributed by atoms with E-state index in [-0.39, 0.29) is 12.5 Å². The molecule has 9 nitrogen and oxygen atoms in total. The van der Waals surface area contributed by atoms with Crippen LogP contribution in [0.5, 0.6) is 0 Å². The lowest BCUT2D eigenvalue weighted by molar-refractivity contribution is -0.302. The van der Waals surface area contributed by atoms with Crippen molar-refractivity contribution >= 4 is 5.91 Å². The number of unbranched alkanes of at least 4 members (excludes halogenated alkanes) is 30. The SMILES string of the molecule is CCCCCCCCCCCCCCCCCCCCC/C=C/C(O)C(COC1OC(CO)C(O)C(O)C1O)NC(=O)CCCCCCCCCCCCCC. The number of hydrogen-bond donors (Lipinski definition) is 6. The second kappa shape index (κ2) is 38.2. The first-order valence-corrected chi connectivity index (χ1v) is 23.9. The van der Waals surface area contributed by atoms with Gasteiger partial charge in [-0.3, -0.25) is 4.79 Å². The van der Waals surface area contributed by atoms with Crippen molar-refractivity contribution in [2.24, 2.45) is 0 Å². The average Bonchev–Trinajstić information content (AvgIpc) is 3.20. The first-order valence-electron chi connectivity index (χ1n) is 23.9. The summed E-state index contributed by atoms with van der Waals surface area (Å²) in [7, 11) is 0. The number of carbonyl (C=O) groups excluding carboxylic acids is 1. The maximum Gasteiger partial charge on any atom is 0.220 e. The molecule has 1 rings (SSSR count). The summed E-state index contributed by atoms with van der Waals surface area (Å²) in [6.07, 6.45) is 36.9. The molecule has 1 aliphatic rings. The molecule has 7 atom stereocenters. The van der Waals surface area contributed by atoms with Gasteiger partial charge in [-0.05, 0) is 19.3 Å². The van der Waals surface area contributed by atoms with Gasteiger partial charge in [0.05, 0.1) is 25.4 Å². The van der Waals surface area contributed by atoms with Crippen LogP contribution in [0.4, 0.5) is 0 Å². The van der Waals surface area contributed by atoms with Gasteiger partial charge in [0.25, 0.3) is 0 Å². The third-order valence-corrected chi connectivity index (χ3v) is 11.6. The van der Waals surface area contributed by atoms with E-state index in [9.17, 15) is 30.3 Å². The average molecular weight is 798 g/mol. The van der Waals surface area contributed by atoms with Gasteiger partial charge in [0.1, 0.15) is 24.4 Å². The van der Waals surface area contributed by atoms with E-state index in [1.54, 1.807) is 6.08 Å². The highest BCUT2D eigenvalue weighted by atomic mass is 16.7. The summed E-state index contributed by atoms with van der Waals surface area (Å²) in [5.41, 5.74) is 0. The van der Waals surface area contributed by atoms with Gasteiger partial charge in [-0.15, -0.1) is 0 Å². The van der Waals surface area contributed by atoms with Gasteiger partial charge >= 0.3 is 0 Å². The standard InChI is InChI=1S/C47H91NO8/c1-3-5-7-9-11-13-15-17-18-19-20-21-22-23-24-25-26-28-30-32-34-36-41(50)40(39-55-47-46(54)45(53)44(52)42(38-49)56-47)48-43(51)37-35-33-31-29-27-16-14-12-10-8-6-4-2/h34,36,40-42,44-47,49-50,52-54H,3-33,35,37-39H2,1-2H3,(H,48,51)/b36-34+. The summed E-state index contributed by atoms with van der Waals surface area (Å²) in [5, 5.41) is 54.2. The maximum atomic E-state index is 12.9. The Bertz CT molecular complexity index is 888. The van der Waals surface area contributed by atoms with Gasteiger partial charge in [-0.2, -0.15) is 0 Å². The van der Waals surface area contributed by atoms with E-state index in [0.717, 1.165) is 38.5 Å². The van der Waals surface area contributed by atoms with Crippen LogP contribution in [-0.2, 0) is 14.3 Å². The minimum Gasteiger partial charge on any atom is -0.394 e. The number of hydrogen-bond acceptors (Lipinski definition) is 8. The highest BCUT2D eigenvalue weighted by Crippen LogP contribution is 2.23. The van der Waals surface area contributed by atoms with Crippen LogP contribution in [0.2, 0.25) is 0 Å². The molecule has 0 aromatic rings. The Labute approximate surface area is 344 Å². The summed E-state index contributed by atoms with van der Waals surface area (Å²) in [4.78, 5) is 12.9. The second-order valence-electron chi connectivity index (χ2n) is 16.9. The third kappa shape index (κ3) is 28.4. The summed E-state index contributed by atoms with van der Waals surface area (Å²) < 4.78 is 11.2. The van der Waals surface area contributed by atoms with E-state index >= 15 is 0 Å². The molecule has 1 fully saturated rings. The van der Waals surface area contributed by atoms with Gasteiger partial charge in [-0.25, -0.2) is 0 Å². The van der Waals surface area contributed by atoms with Crippen molar-refractivity contribution in [1.82, 2.24) is 5.32 Å². The molecule has 0 aromatic heterocycles. The van der Waals surface area contributed by atoms with Gasteiger partial charge in [0.2, 0.25) is 5.91 Å². The molecular formula is C47H91NO8. The lowest BCUT2D eigenvalue weighted by atomic mass is 9.99. The zero-order valence-electron chi connectivity index (χ0n) is 36.4. The summed E-state index contributed by atoms with van der Waals surface area (Å²) in [5.74, 6) is -0.175. The maximum absolute atomic E-state index is 12.9. The van der Waals surface area contributed by atoms with Crippen LogP contribution in [0.25, 0.3) is 0 Å². The molecule has 1 heterocycles. The topological polar surface area (TPSA) is 149 Å². The van der Waals surface area contributed by atoms with E-state index in [0.29, 0.717) is 6.42 Å². The molecule has 0 radical (unpaired) electrons. The van der Waals surface area contributed by atoms with Crippen molar-refractivity contribution in [3.05, 3.63) is 12.2 Å². The van der Waals surface area contributed by atoms with Gasteiger partial charge in [0.15, 0.2) is 6.29 Å². The van der Waals surface area contributed by atoms with E-state index in [1.807, 2.05) is 6.08 Å². The van der Waals surface area contributed by atoms with Crippen LogP contribution in [0.1, 0.15) is 226 Å². The van der Waals surface area contributed by atoms with Gasteiger partial charge < -0.3 is 40.3 Å². The van der Waals surface area contributed by atoms with Crippen molar-refractivity contribution in [3.63, 3.8) is 0 Å². The lowest BCUT2D eigenvalue weighted by Crippen LogP contribution is -2.60. The molecule has 0 aliphatic carbocycles. The molecule has 6 N–H and O–H groups in total. The molecule has 0 saturated carbocycles. The van der Waals surface area contributed by atoms with Crippen molar-refractivity contribution in [2.45, 2.75) is 269 Å². The van der Waals surface area contributed by atoms with Crippen molar-refractivity contribution in [1.29, 1.82) is 0 Å². The number of allylic oxidation sites excluding steroid dienone is 1. The van der Waals surface area contributed by atoms with E-state index < -0.39 is 49.5 Å². The number of rotatable bonds is 40. The van der Waals surface area contributed by atoms with Crippen molar-refractivity contribution in [2.75, 3.05) is 13.2 Å². The molecule has 1 saturated heterocycles. The first-order chi connectivity index (χ1) is 27.3. The minimum atomic E-state index is -1.56. The molecular weight excluding hydrogens is 707 g/mol. The fourth-order valence-electron chi connectivity index (χ4n) is 7.75. The summed E-state index contributed by atoms with van der Waals surface area (Å²) >= 11 is 0. The molecule has 0 aromatic carbocycles. The molecule has 7 unspecified atom stereocenters. The predicted molar refractivity (Wildman–Crippen MR) is 231 cm³/mol. The highest BCUT2D eigenvalue weighted by molar-refractivity contribution is 5.76. The highest BCUT2D eigenvalue weighted by Gasteiger charge is 2.44. The first kappa shape index (κ1) is 52.9. The predicted octanol–water partition coefficient (Wildman–Crippen LogP) is 10.1. The summed E-state index contributed by atoms with van der Waals surface area (Å²) in [6.45, 7) is 3.78. The van der Waals surface area contributed by atoms with Crippen LogP contribution in [0, 0.1) is 0 Å². The molecule has 9 heteroatoms. The molecule has 56 heavy (non-hydrogen) atoms. The smallest absolute Gasteiger partial charge is 0.220 e. The normalized spacial score (nSPS) is 21.2. The van der Waals surface area contributed by atoms with Gasteiger partial charge in [-0.1, -0.05) is 212 Å². The number of aliphatic hydroxyl groups is 5. The second-order valence-corrected chi connectivity index (χ2v) is 16.9. The number of carbonyl (C=O) groups is 1.